The number of rotatable bonds is 6. The number of hydrogen-bond acceptors (Lipinski definition) is 4. The van der Waals surface area contributed by atoms with Crippen LogP contribution >= 0.6 is 0 Å². The molecule has 0 aliphatic heterocycles. The molecule has 0 spiro atoms. The Labute approximate surface area is 120 Å². The van der Waals surface area contributed by atoms with Crippen molar-refractivity contribution in [2.24, 2.45) is 0 Å². The lowest BCUT2D eigenvalue weighted by molar-refractivity contribution is 0.445. The lowest BCUT2D eigenvalue weighted by Gasteiger charge is -2.19. The fourth-order valence-electron chi connectivity index (χ4n) is 1.78. The molecule has 8 heteroatoms. The van der Waals surface area contributed by atoms with E-state index in [9.17, 15) is 16.8 Å². The molecule has 114 valence electrons. The van der Waals surface area contributed by atoms with E-state index in [0.717, 1.165) is 6.26 Å². The average molecular weight is 320 g/mol. The highest BCUT2D eigenvalue weighted by atomic mass is 32.2. The van der Waals surface area contributed by atoms with Crippen molar-refractivity contribution in [1.29, 1.82) is 0 Å². The summed E-state index contributed by atoms with van der Waals surface area (Å²) < 4.78 is 51.0. The van der Waals surface area contributed by atoms with E-state index >= 15 is 0 Å². The SMILES string of the molecule is CCN(CC)S(=O)(=O)c1ccc(C)c(NS(C)(=O)=O)c1. The summed E-state index contributed by atoms with van der Waals surface area (Å²) in [7, 11) is -7.05. The van der Waals surface area contributed by atoms with E-state index in [4.69, 9.17) is 0 Å². The van der Waals surface area contributed by atoms with Gasteiger partial charge in [-0.15, -0.1) is 0 Å². The fraction of sp³-hybridized carbons (Fsp3) is 0.500. The number of nitrogens with one attached hydrogen (secondary N) is 1. The monoisotopic (exact) mass is 320 g/mol. The van der Waals surface area contributed by atoms with Crippen molar-refractivity contribution in [3.8, 4) is 0 Å². The quantitative estimate of drug-likeness (QED) is 0.858. The Hall–Kier alpha value is -1.12. The van der Waals surface area contributed by atoms with Crippen LogP contribution in [0.5, 0.6) is 0 Å². The highest BCUT2D eigenvalue weighted by molar-refractivity contribution is 7.92. The van der Waals surface area contributed by atoms with Crippen LogP contribution in [-0.2, 0) is 20.0 Å². The molecule has 0 saturated heterocycles. The van der Waals surface area contributed by atoms with Crippen LogP contribution in [0.15, 0.2) is 23.1 Å². The topological polar surface area (TPSA) is 83.6 Å². The van der Waals surface area contributed by atoms with Gasteiger partial charge in [-0.2, -0.15) is 4.31 Å². The highest BCUT2D eigenvalue weighted by Gasteiger charge is 2.22. The van der Waals surface area contributed by atoms with Crippen molar-refractivity contribution < 1.29 is 16.8 Å². The minimum atomic E-state index is -3.60. The molecular formula is C12H20N2O4S2. The number of benzene rings is 1. The molecule has 0 atom stereocenters. The minimum absolute atomic E-state index is 0.0814. The van der Waals surface area contributed by atoms with Crippen molar-refractivity contribution in [2.45, 2.75) is 25.7 Å². The molecule has 1 N–H and O–H groups in total. The Bertz CT molecular complexity index is 677. The molecule has 0 fully saturated rings. The third-order valence-corrected chi connectivity index (χ3v) is 5.48. The molecule has 0 aromatic heterocycles. The second-order valence-electron chi connectivity index (χ2n) is 4.44. The van der Waals surface area contributed by atoms with Crippen molar-refractivity contribution in [1.82, 2.24) is 4.31 Å². The maximum absolute atomic E-state index is 12.4. The summed E-state index contributed by atoms with van der Waals surface area (Å²) in [5, 5.41) is 0. The lowest BCUT2D eigenvalue weighted by Crippen LogP contribution is -2.30. The van der Waals surface area contributed by atoms with Crippen LogP contribution in [0.1, 0.15) is 19.4 Å². The molecule has 0 radical (unpaired) electrons. The summed E-state index contributed by atoms with van der Waals surface area (Å²) in [6.07, 6.45) is 1.03. The predicted octanol–water partition coefficient (Wildman–Crippen LogP) is 1.40. The van der Waals surface area contributed by atoms with E-state index in [2.05, 4.69) is 4.72 Å². The molecule has 0 aliphatic carbocycles. The van der Waals surface area contributed by atoms with Crippen LogP contribution in [-0.4, -0.2) is 40.5 Å². The van der Waals surface area contributed by atoms with E-state index in [0.29, 0.717) is 18.7 Å². The molecule has 0 saturated carbocycles. The molecule has 0 heterocycles. The molecule has 0 aliphatic rings. The second-order valence-corrected chi connectivity index (χ2v) is 8.13. The Morgan fingerprint density at radius 3 is 2.10 bits per heavy atom. The Kier molecular flexibility index (Phi) is 5.17. The van der Waals surface area contributed by atoms with E-state index in [-0.39, 0.29) is 10.6 Å². The molecule has 20 heavy (non-hydrogen) atoms. The predicted molar refractivity (Wildman–Crippen MR) is 79.8 cm³/mol. The summed E-state index contributed by atoms with van der Waals surface area (Å²) in [5.41, 5.74) is 0.939. The standard InChI is InChI=1S/C12H20N2O4S2/c1-5-14(6-2)20(17,18)11-8-7-10(3)12(9-11)13-19(4,15)16/h7-9,13H,5-6H2,1-4H3. The van der Waals surface area contributed by atoms with Crippen molar-refractivity contribution in [2.75, 3.05) is 24.1 Å². The summed E-state index contributed by atoms with van der Waals surface area (Å²) in [5.74, 6) is 0. The normalized spacial score (nSPS) is 12.7. The van der Waals surface area contributed by atoms with Crippen LogP contribution < -0.4 is 4.72 Å². The first-order valence-corrected chi connectivity index (χ1v) is 9.53. The second kappa shape index (κ2) is 6.11. The molecule has 0 unspecified atom stereocenters. The summed E-state index contributed by atoms with van der Waals surface area (Å²) in [4.78, 5) is 0.0814. The third-order valence-electron chi connectivity index (χ3n) is 2.85. The van der Waals surface area contributed by atoms with E-state index in [1.807, 2.05) is 0 Å². The molecule has 0 amide bonds. The third kappa shape index (κ3) is 3.94. The largest absolute Gasteiger partial charge is 0.283 e. The zero-order valence-corrected chi connectivity index (χ0v) is 13.7. The van der Waals surface area contributed by atoms with Crippen LogP contribution in [0.4, 0.5) is 5.69 Å². The summed E-state index contributed by atoms with van der Waals surface area (Å²) >= 11 is 0. The molecular weight excluding hydrogens is 300 g/mol. The van der Waals surface area contributed by atoms with Gasteiger partial charge in [0, 0.05) is 13.1 Å². The van der Waals surface area contributed by atoms with E-state index in [1.165, 1.54) is 16.4 Å². The van der Waals surface area contributed by atoms with Crippen LogP contribution in [0, 0.1) is 6.92 Å². The van der Waals surface area contributed by atoms with Crippen molar-refractivity contribution >= 4 is 25.7 Å². The number of aryl methyl sites for hydroxylation is 1. The number of nitrogens with zero attached hydrogens (tertiary/aromatic N) is 1. The Balaban J connectivity index is 3.32. The van der Waals surface area contributed by atoms with Crippen LogP contribution in [0.3, 0.4) is 0 Å². The molecule has 1 aromatic rings. The summed E-state index contributed by atoms with van der Waals surface area (Å²) in [6, 6.07) is 4.42. The number of sulfonamides is 2. The van der Waals surface area contributed by atoms with Gasteiger partial charge < -0.3 is 0 Å². The molecule has 1 rings (SSSR count). The van der Waals surface area contributed by atoms with Gasteiger partial charge in [-0.25, -0.2) is 16.8 Å². The van der Waals surface area contributed by atoms with E-state index < -0.39 is 20.0 Å². The number of anilines is 1. The van der Waals surface area contributed by atoms with Gasteiger partial charge >= 0.3 is 0 Å². The van der Waals surface area contributed by atoms with Crippen molar-refractivity contribution in [3.63, 3.8) is 0 Å². The van der Waals surface area contributed by atoms with Gasteiger partial charge in [0.2, 0.25) is 20.0 Å². The van der Waals surface area contributed by atoms with E-state index in [1.54, 1.807) is 26.8 Å². The zero-order valence-electron chi connectivity index (χ0n) is 12.0. The fourth-order valence-corrected chi connectivity index (χ4v) is 3.89. The Morgan fingerprint density at radius 1 is 1.10 bits per heavy atom. The molecule has 0 bridgehead atoms. The maximum atomic E-state index is 12.4. The minimum Gasteiger partial charge on any atom is -0.283 e. The first kappa shape index (κ1) is 16.9. The average Bonchev–Trinajstić information content (AvgIpc) is 2.31. The number of hydrogen-bond donors (Lipinski definition) is 1. The van der Waals surface area contributed by atoms with Gasteiger partial charge in [0.05, 0.1) is 16.8 Å². The first-order chi connectivity index (χ1) is 9.11. The first-order valence-electron chi connectivity index (χ1n) is 6.20. The zero-order chi connectivity index (χ0) is 15.6. The van der Waals surface area contributed by atoms with Gasteiger partial charge in [-0.3, -0.25) is 4.72 Å². The van der Waals surface area contributed by atoms with Crippen molar-refractivity contribution in [3.05, 3.63) is 23.8 Å². The summed E-state index contributed by atoms with van der Waals surface area (Å²) in [6.45, 7) is 5.94. The van der Waals surface area contributed by atoms with Crippen LogP contribution in [0.2, 0.25) is 0 Å². The van der Waals surface area contributed by atoms with Crippen LogP contribution in [0.25, 0.3) is 0 Å². The Morgan fingerprint density at radius 2 is 1.65 bits per heavy atom. The van der Waals surface area contributed by atoms with Gasteiger partial charge in [-0.1, -0.05) is 19.9 Å². The van der Waals surface area contributed by atoms with Gasteiger partial charge in [0.1, 0.15) is 0 Å². The smallest absolute Gasteiger partial charge is 0.243 e. The van der Waals surface area contributed by atoms with Gasteiger partial charge in [0.15, 0.2) is 0 Å². The van der Waals surface area contributed by atoms with Gasteiger partial charge in [-0.05, 0) is 24.6 Å². The molecule has 1 aromatic carbocycles. The maximum Gasteiger partial charge on any atom is 0.243 e. The highest BCUT2D eigenvalue weighted by Crippen LogP contribution is 2.23. The van der Waals surface area contributed by atoms with Gasteiger partial charge in [0.25, 0.3) is 0 Å². The lowest BCUT2D eigenvalue weighted by atomic mass is 10.2. The molecule has 6 nitrogen and oxygen atoms in total.